The van der Waals surface area contributed by atoms with Crippen molar-refractivity contribution in [2.75, 3.05) is 6.54 Å². The van der Waals surface area contributed by atoms with Crippen LogP contribution in [0.15, 0.2) is 30.6 Å². The number of hydrogen-bond donors (Lipinski definition) is 1. The minimum Gasteiger partial charge on any atom is -0.488 e. The maximum atomic E-state index is 5.97. The summed E-state index contributed by atoms with van der Waals surface area (Å²) in [6.07, 6.45) is 5.14. The van der Waals surface area contributed by atoms with Gasteiger partial charge in [-0.1, -0.05) is 12.1 Å². The van der Waals surface area contributed by atoms with Crippen molar-refractivity contribution in [3.63, 3.8) is 0 Å². The van der Waals surface area contributed by atoms with E-state index in [0.717, 1.165) is 29.1 Å². The summed E-state index contributed by atoms with van der Waals surface area (Å²) in [5.41, 5.74) is 10.1. The van der Waals surface area contributed by atoms with Crippen LogP contribution in [0.4, 0.5) is 0 Å². The summed E-state index contributed by atoms with van der Waals surface area (Å²) in [7, 11) is 0. The number of aromatic nitrogens is 2. The van der Waals surface area contributed by atoms with Crippen molar-refractivity contribution in [2.24, 2.45) is 5.73 Å². The standard InChI is InChI=1S/C16H17N3O/c17-8-12-6-11-2-1-3-13(16(11)20-12)15-7-14(10-4-5-10)18-9-19-15/h1-3,7,9-10,12H,4-6,8,17H2/t12-/m1/s1. The lowest BCUT2D eigenvalue weighted by molar-refractivity contribution is 0.242. The van der Waals surface area contributed by atoms with Crippen LogP contribution in [-0.4, -0.2) is 22.6 Å². The minimum absolute atomic E-state index is 0.0934. The fraction of sp³-hybridized carbons (Fsp3) is 0.375. The summed E-state index contributed by atoms with van der Waals surface area (Å²) in [6.45, 7) is 0.547. The Morgan fingerprint density at radius 1 is 1.25 bits per heavy atom. The second kappa shape index (κ2) is 4.56. The Labute approximate surface area is 118 Å². The lowest BCUT2D eigenvalue weighted by Gasteiger charge is -2.10. The third-order valence-corrected chi connectivity index (χ3v) is 4.05. The first-order valence-electron chi connectivity index (χ1n) is 7.16. The number of fused-ring (bicyclic) bond motifs is 1. The van der Waals surface area contributed by atoms with Gasteiger partial charge in [0, 0.05) is 30.1 Å². The first-order chi connectivity index (χ1) is 9.85. The summed E-state index contributed by atoms with van der Waals surface area (Å²) >= 11 is 0. The highest BCUT2D eigenvalue weighted by atomic mass is 16.5. The van der Waals surface area contributed by atoms with Crippen molar-refractivity contribution in [1.29, 1.82) is 0 Å². The summed E-state index contributed by atoms with van der Waals surface area (Å²) < 4.78 is 5.97. The molecule has 1 atom stereocenters. The Balaban J connectivity index is 1.76. The van der Waals surface area contributed by atoms with Crippen molar-refractivity contribution >= 4 is 0 Å². The van der Waals surface area contributed by atoms with E-state index in [0.29, 0.717) is 12.5 Å². The van der Waals surface area contributed by atoms with Gasteiger partial charge in [-0.25, -0.2) is 9.97 Å². The van der Waals surface area contributed by atoms with E-state index in [1.807, 2.05) is 0 Å². The Hall–Kier alpha value is -1.94. The van der Waals surface area contributed by atoms with Gasteiger partial charge >= 0.3 is 0 Å². The molecule has 1 saturated carbocycles. The van der Waals surface area contributed by atoms with Crippen LogP contribution in [0.3, 0.4) is 0 Å². The highest BCUT2D eigenvalue weighted by Crippen LogP contribution is 2.42. The van der Waals surface area contributed by atoms with E-state index in [2.05, 4.69) is 34.2 Å². The van der Waals surface area contributed by atoms with Crippen molar-refractivity contribution < 1.29 is 4.74 Å². The van der Waals surface area contributed by atoms with Gasteiger partial charge in [-0.2, -0.15) is 0 Å². The maximum absolute atomic E-state index is 5.97. The van der Waals surface area contributed by atoms with E-state index in [-0.39, 0.29) is 6.10 Å². The van der Waals surface area contributed by atoms with Crippen molar-refractivity contribution in [1.82, 2.24) is 9.97 Å². The van der Waals surface area contributed by atoms with Gasteiger partial charge in [0.15, 0.2) is 0 Å². The van der Waals surface area contributed by atoms with Gasteiger partial charge in [0.25, 0.3) is 0 Å². The first-order valence-corrected chi connectivity index (χ1v) is 7.16. The topological polar surface area (TPSA) is 61.0 Å². The predicted molar refractivity (Wildman–Crippen MR) is 76.6 cm³/mol. The van der Waals surface area contributed by atoms with Gasteiger partial charge in [-0.3, -0.25) is 0 Å². The van der Waals surface area contributed by atoms with Crippen LogP contribution in [-0.2, 0) is 6.42 Å². The average Bonchev–Trinajstić information content (AvgIpc) is 3.25. The van der Waals surface area contributed by atoms with E-state index >= 15 is 0 Å². The fourth-order valence-electron chi connectivity index (χ4n) is 2.79. The molecule has 1 aromatic heterocycles. The summed E-state index contributed by atoms with van der Waals surface area (Å²) in [6, 6.07) is 8.34. The fourth-order valence-corrected chi connectivity index (χ4v) is 2.79. The SMILES string of the molecule is NC[C@H]1Cc2cccc(-c3cc(C4CC4)ncn3)c2O1. The molecule has 0 radical (unpaired) electrons. The quantitative estimate of drug-likeness (QED) is 0.926. The number of benzene rings is 1. The summed E-state index contributed by atoms with van der Waals surface area (Å²) in [5, 5.41) is 0. The zero-order chi connectivity index (χ0) is 13.5. The van der Waals surface area contributed by atoms with Crippen LogP contribution in [0.25, 0.3) is 11.3 Å². The van der Waals surface area contributed by atoms with Crippen LogP contribution in [0, 0.1) is 0 Å². The second-order valence-corrected chi connectivity index (χ2v) is 5.58. The molecule has 2 aliphatic rings. The molecule has 1 aromatic carbocycles. The van der Waals surface area contributed by atoms with Gasteiger partial charge in [0.2, 0.25) is 0 Å². The highest BCUT2D eigenvalue weighted by Gasteiger charge is 2.27. The number of nitrogens with two attached hydrogens (primary N) is 1. The van der Waals surface area contributed by atoms with E-state index < -0.39 is 0 Å². The molecule has 4 nitrogen and oxygen atoms in total. The lowest BCUT2D eigenvalue weighted by Crippen LogP contribution is -2.24. The molecule has 0 spiro atoms. The molecule has 102 valence electrons. The maximum Gasteiger partial charge on any atom is 0.132 e. The van der Waals surface area contributed by atoms with Crippen molar-refractivity contribution in [3.8, 4) is 17.0 Å². The average molecular weight is 267 g/mol. The molecule has 2 N–H and O–H groups in total. The highest BCUT2D eigenvalue weighted by molar-refractivity contribution is 5.70. The number of rotatable bonds is 3. The molecule has 0 amide bonds. The largest absolute Gasteiger partial charge is 0.488 e. The Kier molecular flexibility index (Phi) is 2.70. The van der Waals surface area contributed by atoms with Crippen LogP contribution in [0.1, 0.15) is 30.0 Å². The molecule has 1 fully saturated rings. The number of para-hydroxylation sites is 1. The molecule has 1 aliphatic carbocycles. The molecule has 20 heavy (non-hydrogen) atoms. The zero-order valence-electron chi connectivity index (χ0n) is 11.2. The van der Waals surface area contributed by atoms with E-state index in [9.17, 15) is 0 Å². The van der Waals surface area contributed by atoms with Gasteiger partial charge in [0.05, 0.1) is 5.69 Å². The molecule has 0 saturated heterocycles. The number of nitrogens with zero attached hydrogens (tertiary/aromatic N) is 2. The van der Waals surface area contributed by atoms with E-state index in [1.165, 1.54) is 18.4 Å². The van der Waals surface area contributed by atoms with Crippen molar-refractivity contribution in [2.45, 2.75) is 31.3 Å². The molecule has 0 bridgehead atoms. The summed E-state index contributed by atoms with van der Waals surface area (Å²) in [4.78, 5) is 8.81. The zero-order valence-corrected chi connectivity index (χ0v) is 11.2. The minimum atomic E-state index is 0.0934. The van der Waals surface area contributed by atoms with Gasteiger partial charge < -0.3 is 10.5 Å². The molecule has 0 unspecified atom stereocenters. The summed E-state index contributed by atoms with van der Waals surface area (Å²) in [5.74, 6) is 1.58. The molecular formula is C16H17N3O. The Morgan fingerprint density at radius 2 is 2.15 bits per heavy atom. The van der Waals surface area contributed by atoms with Crippen LogP contribution < -0.4 is 10.5 Å². The van der Waals surface area contributed by atoms with Gasteiger partial charge in [0.1, 0.15) is 18.2 Å². The second-order valence-electron chi connectivity index (χ2n) is 5.58. The molecular weight excluding hydrogens is 250 g/mol. The predicted octanol–water partition coefficient (Wildman–Crippen LogP) is 2.28. The van der Waals surface area contributed by atoms with Gasteiger partial charge in [-0.05, 0) is 30.5 Å². The normalized spacial score (nSPS) is 20.6. The first kappa shape index (κ1) is 11.9. The molecule has 4 heteroatoms. The van der Waals surface area contributed by atoms with Crippen LogP contribution >= 0.6 is 0 Å². The van der Waals surface area contributed by atoms with E-state index in [1.54, 1.807) is 6.33 Å². The van der Waals surface area contributed by atoms with E-state index in [4.69, 9.17) is 10.5 Å². The molecule has 2 heterocycles. The van der Waals surface area contributed by atoms with Crippen LogP contribution in [0.5, 0.6) is 5.75 Å². The Morgan fingerprint density at radius 3 is 2.95 bits per heavy atom. The van der Waals surface area contributed by atoms with Crippen molar-refractivity contribution in [3.05, 3.63) is 41.9 Å². The third kappa shape index (κ3) is 1.96. The molecule has 2 aromatic rings. The monoisotopic (exact) mass is 267 g/mol. The number of ether oxygens (including phenoxy) is 1. The van der Waals surface area contributed by atoms with Gasteiger partial charge in [-0.15, -0.1) is 0 Å². The number of hydrogen-bond acceptors (Lipinski definition) is 4. The molecule has 4 rings (SSSR count). The molecule has 1 aliphatic heterocycles. The Bertz CT molecular complexity index is 652. The third-order valence-electron chi connectivity index (χ3n) is 4.05. The lowest BCUT2D eigenvalue weighted by atomic mass is 10.0. The van der Waals surface area contributed by atoms with Crippen LogP contribution in [0.2, 0.25) is 0 Å². The smallest absolute Gasteiger partial charge is 0.132 e.